The number of carbonyl (C=O) groups is 1. The number of hydrogen-bond acceptors (Lipinski definition) is 4. The van der Waals surface area contributed by atoms with Crippen molar-refractivity contribution in [2.45, 2.75) is 50.1 Å². The molecule has 0 atom stereocenters. The number of aryl methyl sites for hydroxylation is 1. The van der Waals surface area contributed by atoms with Gasteiger partial charge in [-0.1, -0.05) is 18.2 Å². The summed E-state index contributed by atoms with van der Waals surface area (Å²) in [5.74, 6) is -0.512. The Morgan fingerprint density at radius 3 is 2.38 bits per heavy atom. The SMILES string of the molecule is Cc1ccc(S(=O)(=O)NC2CCC(C(=O)NCc3ccc(F)cc3)CC2)cc1N. The molecule has 0 saturated heterocycles. The Balaban J connectivity index is 1.50. The van der Waals surface area contributed by atoms with Gasteiger partial charge in [0, 0.05) is 24.2 Å². The first-order valence-electron chi connectivity index (χ1n) is 9.65. The maximum atomic E-state index is 12.9. The van der Waals surface area contributed by atoms with Gasteiger partial charge in [0.15, 0.2) is 0 Å². The summed E-state index contributed by atoms with van der Waals surface area (Å²) in [5, 5.41) is 2.87. The maximum Gasteiger partial charge on any atom is 0.240 e. The lowest BCUT2D eigenvalue weighted by molar-refractivity contribution is -0.126. The van der Waals surface area contributed by atoms with Crippen LogP contribution in [0.5, 0.6) is 0 Å². The number of amides is 1. The number of rotatable bonds is 6. The molecule has 6 nitrogen and oxygen atoms in total. The summed E-state index contributed by atoms with van der Waals surface area (Å²) in [5.41, 5.74) is 7.93. The molecule has 1 fully saturated rings. The summed E-state index contributed by atoms with van der Waals surface area (Å²) in [6, 6.07) is 10.5. The number of hydrogen-bond donors (Lipinski definition) is 3. The minimum absolute atomic E-state index is 0.0538. The molecular weight excluding hydrogens is 393 g/mol. The van der Waals surface area contributed by atoms with Crippen LogP contribution in [-0.4, -0.2) is 20.4 Å². The smallest absolute Gasteiger partial charge is 0.240 e. The van der Waals surface area contributed by atoms with Crippen LogP contribution < -0.4 is 15.8 Å². The number of carbonyl (C=O) groups excluding carboxylic acids is 1. The monoisotopic (exact) mass is 419 g/mol. The number of sulfonamides is 1. The van der Waals surface area contributed by atoms with Crippen LogP contribution in [0.1, 0.15) is 36.8 Å². The Labute approximate surface area is 170 Å². The van der Waals surface area contributed by atoms with Crippen molar-refractivity contribution in [2.24, 2.45) is 5.92 Å². The molecule has 0 radical (unpaired) electrons. The zero-order valence-corrected chi connectivity index (χ0v) is 17.1. The molecule has 29 heavy (non-hydrogen) atoms. The summed E-state index contributed by atoms with van der Waals surface area (Å²) < 4.78 is 40.8. The lowest BCUT2D eigenvalue weighted by atomic mass is 9.86. The molecule has 1 aliphatic carbocycles. The van der Waals surface area contributed by atoms with E-state index in [0.717, 1.165) is 11.1 Å². The van der Waals surface area contributed by atoms with Crippen LogP contribution in [0.4, 0.5) is 10.1 Å². The number of anilines is 1. The van der Waals surface area contributed by atoms with Crippen molar-refractivity contribution in [1.82, 2.24) is 10.0 Å². The molecule has 0 bridgehead atoms. The van der Waals surface area contributed by atoms with E-state index in [4.69, 9.17) is 5.73 Å². The Kier molecular flexibility index (Phi) is 6.54. The molecule has 4 N–H and O–H groups in total. The van der Waals surface area contributed by atoms with E-state index in [9.17, 15) is 17.6 Å². The number of nitrogens with one attached hydrogen (secondary N) is 2. The van der Waals surface area contributed by atoms with Crippen molar-refractivity contribution in [3.05, 3.63) is 59.4 Å². The van der Waals surface area contributed by atoms with Crippen LogP contribution in [0, 0.1) is 18.7 Å². The Morgan fingerprint density at radius 2 is 1.76 bits per heavy atom. The largest absolute Gasteiger partial charge is 0.398 e. The van der Waals surface area contributed by atoms with Gasteiger partial charge in [-0.3, -0.25) is 4.79 Å². The first-order valence-corrected chi connectivity index (χ1v) is 11.1. The number of nitrogens with two attached hydrogens (primary N) is 1. The topological polar surface area (TPSA) is 101 Å². The van der Waals surface area contributed by atoms with E-state index in [1.54, 1.807) is 24.3 Å². The van der Waals surface area contributed by atoms with Crippen molar-refractivity contribution in [2.75, 3.05) is 5.73 Å². The van der Waals surface area contributed by atoms with Gasteiger partial charge in [0.05, 0.1) is 4.90 Å². The fourth-order valence-electron chi connectivity index (χ4n) is 3.48. The Morgan fingerprint density at radius 1 is 1.10 bits per heavy atom. The lowest BCUT2D eigenvalue weighted by Gasteiger charge is -2.28. The van der Waals surface area contributed by atoms with E-state index in [2.05, 4.69) is 10.0 Å². The van der Waals surface area contributed by atoms with Crippen LogP contribution in [-0.2, 0) is 21.4 Å². The molecule has 0 aromatic heterocycles. The van der Waals surface area contributed by atoms with Crippen molar-refractivity contribution in [1.29, 1.82) is 0 Å². The van der Waals surface area contributed by atoms with Crippen LogP contribution in [0.25, 0.3) is 0 Å². The molecule has 3 rings (SSSR count). The second kappa shape index (κ2) is 8.92. The number of nitrogen functional groups attached to an aromatic ring is 1. The van der Waals surface area contributed by atoms with Gasteiger partial charge in [0.25, 0.3) is 0 Å². The number of benzene rings is 2. The van der Waals surface area contributed by atoms with Gasteiger partial charge < -0.3 is 11.1 Å². The van der Waals surface area contributed by atoms with Crippen molar-refractivity contribution in [3.63, 3.8) is 0 Å². The molecule has 8 heteroatoms. The summed E-state index contributed by atoms with van der Waals surface area (Å²) in [6.07, 6.45) is 2.40. The van der Waals surface area contributed by atoms with E-state index in [-0.39, 0.29) is 28.6 Å². The van der Waals surface area contributed by atoms with Gasteiger partial charge in [0.1, 0.15) is 5.82 Å². The molecule has 1 aliphatic rings. The highest BCUT2D eigenvalue weighted by Gasteiger charge is 2.29. The first-order chi connectivity index (χ1) is 13.7. The van der Waals surface area contributed by atoms with Gasteiger partial charge in [-0.15, -0.1) is 0 Å². The van der Waals surface area contributed by atoms with Crippen LogP contribution in [0.15, 0.2) is 47.4 Å². The molecule has 2 aromatic rings. The molecule has 1 saturated carbocycles. The van der Waals surface area contributed by atoms with Crippen molar-refractivity contribution in [3.8, 4) is 0 Å². The quantitative estimate of drug-likeness (QED) is 0.627. The summed E-state index contributed by atoms with van der Waals surface area (Å²) in [4.78, 5) is 12.5. The van der Waals surface area contributed by atoms with Crippen LogP contribution in [0.3, 0.4) is 0 Å². The minimum Gasteiger partial charge on any atom is -0.398 e. The highest BCUT2D eigenvalue weighted by Crippen LogP contribution is 2.26. The lowest BCUT2D eigenvalue weighted by Crippen LogP contribution is -2.40. The van der Waals surface area contributed by atoms with Gasteiger partial charge in [-0.25, -0.2) is 17.5 Å². The Hall–Kier alpha value is -2.45. The van der Waals surface area contributed by atoms with Gasteiger partial charge >= 0.3 is 0 Å². The van der Waals surface area contributed by atoms with Gasteiger partial charge in [-0.2, -0.15) is 0 Å². The normalized spacial score (nSPS) is 19.7. The van der Waals surface area contributed by atoms with E-state index in [1.165, 1.54) is 18.2 Å². The fraction of sp³-hybridized carbons (Fsp3) is 0.381. The molecule has 0 aliphatic heterocycles. The van der Waals surface area contributed by atoms with Crippen molar-refractivity contribution >= 4 is 21.6 Å². The zero-order valence-electron chi connectivity index (χ0n) is 16.3. The number of halogens is 1. The molecule has 0 spiro atoms. The maximum absolute atomic E-state index is 12.9. The third-order valence-corrected chi connectivity index (χ3v) is 6.88. The van der Waals surface area contributed by atoms with Gasteiger partial charge in [-0.05, 0) is 68.0 Å². The third kappa shape index (κ3) is 5.55. The molecule has 156 valence electrons. The standard InChI is InChI=1S/C21H26FN3O3S/c1-14-2-11-19(12-20(14)23)29(27,28)25-18-9-5-16(6-10-18)21(26)24-13-15-3-7-17(22)8-4-15/h2-4,7-8,11-12,16,18,25H,5-6,9-10,13,23H2,1H3,(H,24,26). The third-order valence-electron chi connectivity index (χ3n) is 5.36. The summed E-state index contributed by atoms with van der Waals surface area (Å²) in [7, 11) is -3.65. The highest BCUT2D eigenvalue weighted by atomic mass is 32.2. The molecule has 2 aromatic carbocycles. The summed E-state index contributed by atoms with van der Waals surface area (Å²) in [6.45, 7) is 2.17. The summed E-state index contributed by atoms with van der Waals surface area (Å²) >= 11 is 0. The van der Waals surface area contributed by atoms with E-state index >= 15 is 0 Å². The molecule has 0 unspecified atom stereocenters. The minimum atomic E-state index is -3.65. The van der Waals surface area contributed by atoms with E-state index in [0.29, 0.717) is 37.9 Å². The Bertz CT molecular complexity index is 969. The fourth-order valence-corrected chi connectivity index (χ4v) is 4.82. The average molecular weight is 420 g/mol. The zero-order chi connectivity index (χ0) is 21.0. The van der Waals surface area contributed by atoms with E-state index < -0.39 is 10.0 Å². The van der Waals surface area contributed by atoms with Crippen LogP contribution in [0.2, 0.25) is 0 Å². The predicted molar refractivity (Wildman–Crippen MR) is 110 cm³/mol. The predicted octanol–water partition coefficient (Wildman–Crippen LogP) is 2.87. The van der Waals surface area contributed by atoms with Crippen molar-refractivity contribution < 1.29 is 17.6 Å². The van der Waals surface area contributed by atoms with E-state index in [1.807, 2.05) is 6.92 Å². The average Bonchev–Trinajstić information content (AvgIpc) is 2.69. The van der Waals surface area contributed by atoms with Gasteiger partial charge in [0.2, 0.25) is 15.9 Å². The molecule has 0 heterocycles. The van der Waals surface area contributed by atoms with Crippen LogP contribution >= 0.6 is 0 Å². The highest BCUT2D eigenvalue weighted by molar-refractivity contribution is 7.89. The second-order valence-electron chi connectivity index (χ2n) is 7.53. The molecular formula is C21H26FN3O3S. The second-order valence-corrected chi connectivity index (χ2v) is 9.25. The first kappa shape index (κ1) is 21.3. The molecule has 1 amide bonds.